The van der Waals surface area contributed by atoms with Crippen LogP contribution in [0.2, 0.25) is 0 Å². The van der Waals surface area contributed by atoms with Gasteiger partial charge in [-0.3, -0.25) is 4.57 Å². The number of hydrogen-bond donors (Lipinski definition) is 1. The molecule has 4 nitrogen and oxygen atoms in total. The van der Waals surface area contributed by atoms with Crippen LogP contribution >= 0.6 is 7.60 Å². The Labute approximate surface area is 117 Å². The SMILES string of the molecule is CCOP(=O)(OCC)C(F)(F)C#CC1(O)C=CCCC1. The molecule has 0 saturated carbocycles. The highest BCUT2D eigenvalue weighted by atomic mass is 31.2. The molecule has 0 aromatic heterocycles. The summed E-state index contributed by atoms with van der Waals surface area (Å²) in [5.74, 6) is 3.68. The quantitative estimate of drug-likeness (QED) is 0.481. The summed E-state index contributed by atoms with van der Waals surface area (Å²) in [6.45, 7) is 2.51. The van der Waals surface area contributed by atoms with Crippen molar-refractivity contribution in [2.45, 2.75) is 44.4 Å². The normalized spacial score (nSPS) is 23.2. The minimum Gasteiger partial charge on any atom is -0.374 e. The molecule has 0 aliphatic heterocycles. The molecule has 1 unspecified atom stereocenters. The number of rotatable bonds is 5. The first-order chi connectivity index (χ1) is 9.29. The maximum absolute atomic E-state index is 13.9. The molecule has 1 atom stereocenters. The molecule has 1 aliphatic carbocycles. The molecule has 0 fully saturated rings. The minimum absolute atomic E-state index is 0.182. The molecule has 1 N–H and O–H groups in total. The summed E-state index contributed by atoms with van der Waals surface area (Å²) in [4.78, 5) is 0. The predicted octanol–water partition coefficient (Wildman–Crippen LogP) is 3.32. The van der Waals surface area contributed by atoms with Gasteiger partial charge in [-0.2, -0.15) is 8.78 Å². The van der Waals surface area contributed by atoms with Crippen molar-refractivity contribution in [3.05, 3.63) is 12.2 Å². The van der Waals surface area contributed by atoms with Crippen molar-refractivity contribution < 1.29 is 27.5 Å². The van der Waals surface area contributed by atoms with E-state index in [0.29, 0.717) is 6.42 Å². The van der Waals surface area contributed by atoms with Gasteiger partial charge in [-0.25, -0.2) is 0 Å². The molecule has 114 valence electrons. The van der Waals surface area contributed by atoms with Gasteiger partial charge in [0, 0.05) is 0 Å². The molecule has 0 aromatic rings. The van der Waals surface area contributed by atoms with Crippen LogP contribution < -0.4 is 0 Å². The Kier molecular flexibility index (Phi) is 5.91. The fourth-order valence-corrected chi connectivity index (χ4v) is 3.02. The number of aliphatic hydroxyl groups is 1. The second kappa shape index (κ2) is 6.82. The van der Waals surface area contributed by atoms with Gasteiger partial charge in [0.05, 0.1) is 13.2 Å². The highest BCUT2D eigenvalue weighted by Crippen LogP contribution is 2.61. The molecule has 7 heteroatoms. The van der Waals surface area contributed by atoms with E-state index in [1.165, 1.54) is 19.9 Å². The zero-order chi connectivity index (χ0) is 15.3. The first-order valence-corrected chi connectivity index (χ1v) is 8.04. The van der Waals surface area contributed by atoms with E-state index in [2.05, 4.69) is 15.0 Å². The van der Waals surface area contributed by atoms with Gasteiger partial charge in [0.25, 0.3) is 0 Å². The molecule has 0 radical (unpaired) electrons. The van der Waals surface area contributed by atoms with Crippen LogP contribution in [-0.4, -0.2) is 29.6 Å². The summed E-state index contributed by atoms with van der Waals surface area (Å²) in [5.41, 5.74) is -5.56. The lowest BCUT2D eigenvalue weighted by molar-refractivity contribution is 0.0852. The summed E-state index contributed by atoms with van der Waals surface area (Å²) in [7, 11) is -4.66. The summed E-state index contributed by atoms with van der Waals surface area (Å²) in [6, 6.07) is 0. The van der Waals surface area contributed by atoms with Gasteiger partial charge in [0.1, 0.15) is 5.60 Å². The summed E-state index contributed by atoms with van der Waals surface area (Å²) < 4.78 is 49.1. The van der Waals surface area contributed by atoms with E-state index in [4.69, 9.17) is 0 Å². The number of allylic oxidation sites excluding steroid dienone is 1. The highest BCUT2D eigenvalue weighted by molar-refractivity contribution is 7.55. The lowest BCUT2D eigenvalue weighted by atomic mass is 9.92. The van der Waals surface area contributed by atoms with Gasteiger partial charge >= 0.3 is 13.3 Å². The lowest BCUT2D eigenvalue weighted by Crippen LogP contribution is -2.27. The van der Waals surface area contributed by atoms with Crippen LogP contribution in [0.3, 0.4) is 0 Å². The van der Waals surface area contributed by atoms with Crippen molar-refractivity contribution in [2.24, 2.45) is 0 Å². The topological polar surface area (TPSA) is 55.8 Å². The van der Waals surface area contributed by atoms with E-state index in [-0.39, 0.29) is 19.6 Å². The molecule has 20 heavy (non-hydrogen) atoms. The van der Waals surface area contributed by atoms with Crippen LogP contribution in [0, 0.1) is 11.8 Å². The minimum atomic E-state index is -4.66. The van der Waals surface area contributed by atoms with E-state index in [0.717, 1.165) is 6.42 Å². The Morgan fingerprint density at radius 2 is 2.00 bits per heavy atom. The molecule has 0 bridgehead atoms. The lowest BCUT2D eigenvalue weighted by Gasteiger charge is -2.24. The van der Waals surface area contributed by atoms with Crippen molar-refractivity contribution in [3.63, 3.8) is 0 Å². The van der Waals surface area contributed by atoms with Crippen LogP contribution in [0.25, 0.3) is 0 Å². The third-order valence-corrected chi connectivity index (χ3v) is 4.69. The smallest absolute Gasteiger partial charge is 0.374 e. The molecule has 0 amide bonds. The first kappa shape index (κ1) is 17.3. The molecule has 0 saturated heterocycles. The molecule has 1 rings (SSSR count). The maximum atomic E-state index is 13.9. The predicted molar refractivity (Wildman–Crippen MR) is 71.5 cm³/mol. The van der Waals surface area contributed by atoms with Gasteiger partial charge in [-0.1, -0.05) is 12.0 Å². The second-order valence-corrected chi connectivity index (χ2v) is 6.42. The van der Waals surface area contributed by atoms with Gasteiger partial charge in [0.15, 0.2) is 0 Å². The Balaban J connectivity index is 3.00. The third kappa shape index (κ3) is 4.13. The molecule has 0 spiro atoms. The van der Waals surface area contributed by atoms with Crippen LogP contribution in [0.15, 0.2) is 12.2 Å². The van der Waals surface area contributed by atoms with Crippen molar-refractivity contribution in [1.29, 1.82) is 0 Å². The third-order valence-electron chi connectivity index (χ3n) is 2.69. The molecular formula is C13H19F2O4P. The Morgan fingerprint density at radius 1 is 1.40 bits per heavy atom. The molecule has 1 aliphatic rings. The standard InChI is InChI=1S/C13H19F2O4P/c1-3-18-20(17,19-4-2)13(14,15)11-10-12(16)8-6-5-7-9-12/h6,8,16H,3-5,7,9H2,1-2H3. The van der Waals surface area contributed by atoms with Gasteiger partial charge in [0.2, 0.25) is 0 Å². The Bertz CT molecular complexity index is 457. The number of halogens is 2. The van der Waals surface area contributed by atoms with Gasteiger partial charge in [-0.05, 0) is 45.1 Å². The van der Waals surface area contributed by atoms with Crippen LogP contribution in [-0.2, 0) is 13.6 Å². The molecule has 0 aromatic carbocycles. The zero-order valence-corrected chi connectivity index (χ0v) is 12.5. The Hall–Kier alpha value is -0.730. The van der Waals surface area contributed by atoms with Crippen molar-refractivity contribution in [1.82, 2.24) is 0 Å². The summed E-state index contributed by atoms with van der Waals surface area (Å²) in [6.07, 6.45) is 4.76. The fraction of sp³-hybridized carbons (Fsp3) is 0.692. The Morgan fingerprint density at radius 3 is 2.45 bits per heavy atom. The van der Waals surface area contributed by atoms with E-state index in [1.54, 1.807) is 12.0 Å². The average Bonchev–Trinajstić information content (AvgIpc) is 2.38. The van der Waals surface area contributed by atoms with Gasteiger partial charge < -0.3 is 14.2 Å². The summed E-state index contributed by atoms with van der Waals surface area (Å²) >= 11 is 0. The second-order valence-electron chi connectivity index (χ2n) is 4.34. The van der Waals surface area contributed by atoms with Crippen LogP contribution in [0.5, 0.6) is 0 Å². The largest absolute Gasteiger partial charge is 0.412 e. The van der Waals surface area contributed by atoms with Gasteiger partial charge in [-0.15, -0.1) is 0 Å². The maximum Gasteiger partial charge on any atom is 0.412 e. The average molecular weight is 308 g/mol. The monoisotopic (exact) mass is 308 g/mol. The highest BCUT2D eigenvalue weighted by Gasteiger charge is 2.52. The zero-order valence-electron chi connectivity index (χ0n) is 11.6. The fourth-order valence-electron chi connectivity index (χ4n) is 1.75. The van der Waals surface area contributed by atoms with Crippen LogP contribution in [0.1, 0.15) is 33.1 Å². The molecular weight excluding hydrogens is 289 g/mol. The van der Waals surface area contributed by atoms with Crippen molar-refractivity contribution >= 4 is 7.60 Å². The number of alkyl halides is 2. The van der Waals surface area contributed by atoms with Crippen LogP contribution in [0.4, 0.5) is 8.78 Å². The molecule has 0 heterocycles. The number of hydrogen-bond acceptors (Lipinski definition) is 4. The van der Waals surface area contributed by atoms with E-state index in [1.807, 2.05) is 0 Å². The van der Waals surface area contributed by atoms with E-state index in [9.17, 15) is 18.5 Å². The first-order valence-electron chi connectivity index (χ1n) is 6.50. The van der Waals surface area contributed by atoms with Crippen molar-refractivity contribution in [3.8, 4) is 11.8 Å². The van der Waals surface area contributed by atoms with Crippen molar-refractivity contribution in [2.75, 3.05) is 13.2 Å². The van der Waals surface area contributed by atoms with E-state index < -0.39 is 18.9 Å². The van der Waals surface area contributed by atoms with E-state index >= 15 is 0 Å². The summed E-state index contributed by atoms with van der Waals surface area (Å²) in [5, 5.41) is 10.00.